The fourth-order valence-corrected chi connectivity index (χ4v) is 3.53. The molecule has 2 aromatic carbocycles. The van der Waals surface area contributed by atoms with Crippen molar-refractivity contribution in [3.05, 3.63) is 94.4 Å². The van der Waals surface area contributed by atoms with Crippen LogP contribution < -0.4 is 10.6 Å². The van der Waals surface area contributed by atoms with Crippen molar-refractivity contribution in [1.29, 1.82) is 0 Å². The van der Waals surface area contributed by atoms with Gasteiger partial charge in [-0.05, 0) is 29.4 Å². The number of nitrogens with zero attached hydrogens (tertiary/aromatic N) is 4. The number of thiocarbonyl (C=S) groups is 1. The van der Waals surface area contributed by atoms with Crippen molar-refractivity contribution in [3.8, 4) is 0 Å². The molecule has 0 fully saturated rings. The molecule has 152 valence electrons. The molecule has 2 N–H and O–H groups in total. The molecule has 30 heavy (non-hydrogen) atoms. The smallest absolute Gasteiger partial charge is 0.176 e. The first-order valence-electron chi connectivity index (χ1n) is 9.17. The topological polar surface area (TPSA) is 59.7 Å². The molecule has 0 radical (unpaired) electrons. The van der Waals surface area contributed by atoms with Crippen LogP contribution >= 0.6 is 35.4 Å². The Morgan fingerprint density at radius 3 is 2.43 bits per heavy atom. The van der Waals surface area contributed by atoms with Crippen LogP contribution in [0.1, 0.15) is 11.1 Å². The lowest BCUT2D eigenvalue weighted by Gasteiger charge is -2.07. The zero-order valence-electron chi connectivity index (χ0n) is 15.8. The van der Waals surface area contributed by atoms with E-state index < -0.39 is 0 Å². The molecule has 0 atom stereocenters. The van der Waals surface area contributed by atoms with Crippen molar-refractivity contribution < 1.29 is 0 Å². The minimum Gasteiger partial charge on any atom is -0.330 e. The van der Waals surface area contributed by atoms with Crippen LogP contribution in [0, 0.1) is 0 Å². The molecule has 0 unspecified atom stereocenters. The number of hydrogen-bond donors (Lipinski definition) is 2. The lowest BCUT2D eigenvalue weighted by molar-refractivity contribution is 0.687. The Labute approximate surface area is 189 Å². The average molecular weight is 457 g/mol. The van der Waals surface area contributed by atoms with Gasteiger partial charge in [0.25, 0.3) is 0 Å². The van der Waals surface area contributed by atoms with Gasteiger partial charge in [0.2, 0.25) is 0 Å². The Morgan fingerprint density at radius 1 is 0.867 bits per heavy atom. The molecule has 9 heteroatoms. The van der Waals surface area contributed by atoms with Gasteiger partial charge in [-0.3, -0.25) is 9.36 Å². The Kier molecular flexibility index (Phi) is 6.32. The lowest BCUT2D eigenvalue weighted by atomic mass is 10.2. The van der Waals surface area contributed by atoms with E-state index in [2.05, 4.69) is 20.8 Å². The predicted octanol–water partition coefficient (Wildman–Crippen LogP) is 5.29. The highest BCUT2D eigenvalue weighted by Crippen LogP contribution is 2.21. The van der Waals surface area contributed by atoms with Gasteiger partial charge in [-0.25, -0.2) is 0 Å². The van der Waals surface area contributed by atoms with Crippen molar-refractivity contribution in [1.82, 2.24) is 19.6 Å². The standard InChI is InChI=1S/C21H18Cl2N6S/c22-18-9-5-4-8-16(18)12-28-13-17(10-24-28)25-21(30)26-20-19(23)14-29(27-20)11-15-6-2-1-3-7-15/h1-10,13-14H,11-12H2,(H2,25,26,27,30). The first-order valence-corrected chi connectivity index (χ1v) is 10.3. The predicted molar refractivity (Wildman–Crippen MR) is 125 cm³/mol. The first kappa shape index (κ1) is 20.4. The van der Waals surface area contributed by atoms with E-state index in [4.69, 9.17) is 35.4 Å². The zero-order chi connectivity index (χ0) is 20.9. The van der Waals surface area contributed by atoms with Gasteiger partial charge in [-0.2, -0.15) is 10.2 Å². The molecule has 0 aliphatic rings. The third-order valence-corrected chi connectivity index (χ3v) is 5.17. The molecule has 0 aliphatic carbocycles. The minimum atomic E-state index is 0.374. The maximum atomic E-state index is 6.31. The van der Waals surface area contributed by atoms with Crippen molar-refractivity contribution in [2.24, 2.45) is 0 Å². The van der Waals surface area contributed by atoms with Gasteiger partial charge in [0.05, 0.1) is 25.0 Å². The fourth-order valence-electron chi connectivity index (χ4n) is 2.92. The van der Waals surface area contributed by atoms with E-state index in [0.29, 0.717) is 34.1 Å². The summed E-state index contributed by atoms with van der Waals surface area (Å²) in [5.41, 5.74) is 2.87. The second-order valence-electron chi connectivity index (χ2n) is 6.61. The Hall–Kier alpha value is -2.87. The zero-order valence-corrected chi connectivity index (χ0v) is 18.1. The molecule has 4 rings (SSSR count). The molecule has 6 nitrogen and oxygen atoms in total. The summed E-state index contributed by atoms with van der Waals surface area (Å²) in [6, 6.07) is 17.7. The number of hydrogen-bond acceptors (Lipinski definition) is 3. The Balaban J connectivity index is 1.36. The molecule has 0 saturated heterocycles. The number of nitrogens with one attached hydrogen (secondary N) is 2. The number of aromatic nitrogens is 4. The van der Waals surface area contributed by atoms with Crippen LogP contribution in [0.15, 0.2) is 73.2 Å². The number of anilines is 2. The maximum absolute atomic E-state index is 6.31. The summed E-state index contributed by atoms with van der Waals surface area (Å²) in [6.07, 6.45) is 5.31. The van der Waals surface area contributed by atoms with Crippen LogP contribution in [0.5, 0.6) is 0 Å². The van der Waals surface area contributed by atoms with Crippen LogP contribution in [0.25, 0.3) is 0 Å². The third kappa shape index (κ3) is 5.18. The molecule has 2 aromatic heterocycles. The van der Waals surface area contributed by atoms with Gasteiger partial charge in [-0.15, -0.1) is 0 Å². The maximum Gasteiger partial charge on any atom is 0.176 e. The highest BCUT2D eigenvalue weighted by molar-refractivity contribution is 7.80. The van der Waals surface area contributed by atoms with Gasteiger partial charge in [0.1, 0.15) is 5.02 Å². The van der Waals surface area contributed by atoms with Gasteiger partial charge in [0.15, 0.2) is 10.9 Å². The van der Waals surface area contributed by atoms with Gasteiger partial charge < -0.3 is 10.6 Å². The van der Waals surface area contributed by atoms with Gasteiger partial charge in [0, 0.05) is 17.4 Å². The highest BCUT2D eigenvalue weighted by atomic mass is 35.5. The SMILES string of the molecule is S=C(Nc1cnn(Cc2ccccc2Cl)c1)Nc1nn(Cc2ccccc2)cc1Cl. The van der Waals surface area contributed by atoms with E-state index in [9.17, 15) is 0 Å². The monoisotopic (exact) mass is 456 g/mol. The molecule has 2 heterocycles. The summed E-state index contributed by atoms with van der Waals surface area (Å²) in [5.74, 6) is 0.494. The summed E-state index contributed by atoms with van der Waals surface area (Å²) in [7, 11) is 0. The van der Waals surface area contributed by atoms with Crippen molar-refractivity contribution in [2.75, 3.05) is 10.6 Å². The summed E-state index contributed by atoms with van der Waals surface area (Å²) in [4.78, 5) is 0. The number of halogens is 2. The molecule has 4 aromatic rings. The Morgan fingerprint density at radius 2 is 1.63 bits per heavy atom. The molecule has 0 amide bonds. The summed E-state index contributed by atoms with van der Waals surface area (Å²) >= 11 is 17.9. The number of benzene rings is 2. The van der Waals surface area contributed by atoms with Crippen LogP contribution in [0.2, 0.25) is 10.0 Å². The van der Waals surface area contributed by atoms with Crippen LogP contribution in [0.4, 0.5) is 11.5 Å². The normalized spacial score (nSPS) is 10.7. The quantitative estimate of drug-likeness (QED) is 0.385. The van der Waals surface area contributed by atoms with Crippen molar-refractivity contribution in [3.63, 3.8) is 0 Å². The second kappa shape index (κ2) is 9.30. The van der Waals surface area contributed by atoms with E-state index in [0.717, 1.165) is 16.8 Å². The molecule has 0 aliphatic heterocycles. The van der Waals surface area contributed by atoms with Gasteiger partial charge >= 0.3 is 0 Å². The molecule has 0 spiro atoms. The van der Waals surface area contributed by atoms with Crippen LogP contribution in [0.3, 0.4) is 0 Å². The minimum absolute atomic E-state index is 0.374. The summed E-state index contributed by atoms with van der Waals surface area (Å²) in [5, 5.41) is 16.5. The lowest BCUT2D eigenvalue weighted by Crippen LogP contribution is -2.19. The van der Waals surface area contributed by atoms with Gasteiger partial charge in [-0.1, -0.05) is 71.7 Å². The van der Waals surface area contributed by atoms with E-state index in [1.165, 1.54) is 0 Å². The second-order valence-corrected chi connectivity index (χ2v) is 7.83. The Bertz CT molecular complexity index is 1160. The first-order chi connectivity index (χ1) is 14.6. The highest BCUT2D eigenvalue weighted by Gasteiger charge is 2.10. The fraction of sp³-hybridized carbons (Fsp3) is 0.0952. The van der Waals surface area contributed by atoms with Crippen LogP contribution in [-0.2, 0) is 13.1 Å². The molecular formula is C21H18Cl2N6S. The molecule has 0 bridgehead atoms. The largest absolute Gasteiger partial charge is 0.330 e. The van der Waals surface area contributed by atoms with E-state index >= 15 is 0 Å². The molecule has 0 saturated carbocycles. The van der Waals surface area contributed by atoms with Crippen molar-refractivity contribution in [2.45, 2.75) is 13.1 Å². The van der Waals surface area contributed by atoms with E-state index in [-0.39, 0.29) is 0 Å². The summed E-state index contributed by atoms with van der Waals surface area (Å²) in [6.45, 7) is 1.19. The van der Waals surface area contributed by atoms with Crippen LogP contribution in [-0.4, -0.2) is 24.7 Å². The molecular weight excluding hydrogens is 439 g/mol. The van der Waals surface area contributed by atoms with E-state index in [1.54, 1.807) is 21.8 Å². The average Bonchev–Trinajstić information content (AvgIpc) is 3.30. The van der Waals surface area contributed by atoms with E-state index in [1.807, 2.05) is 60.8 Å². The van der Waals surface area contributed by atoms with Crippen molar-refractivity contribution >= 4 is 52.0 Å². The summed E-state index contributed by atoms with van der Waals surface area (Å²) < 4.78 is 3.55. The third-order valence-electron chi connectivity index (χ3n) is 4.32. The number of rotatable bonds is 6.